The normalized spacial score (nSPS) is 28.4. The van der Waals surface area contributed by atoms with Gasteiger partial charge in [-0.2, -0.15) is 0 Å². The second-order valence-corrected chi connectivity index (χ2v) is 10.6. The molecule has 3 unspecified atom stereocenters. The molecule has 11 nitrogen and oxygen atoms in total. The molecule has 1 aromatic rings. The van der Waals surface area contributed by atoms with Crippen molar-refractivity contribution in [3.63, 3.8) is 0 Å². The molecule has 3 fully saturated rings. The lowest BCUT2D eigenvalue weighted by Gasteiger charge is -2.34. The van der Waals surface area contributed by atoms with Gasteiger partial charge in [-0.3, -0.25) is 19.2 Å². The number of carbonyl (C=O) groups is 1. The fourth-order valence-corrected chi connectivity index (χ4v) is 5.61. The van der Waals surface area contributed by atoms with Crippen molar-refractivity contribution >= 4 is 6.16 Å². The smallest absolute Gasteiger partial charge is 0.433 e. The zero-order valence-electron chi connectivity index (χ0n) is 22.2. The molecule has 0 bridgehead atoms. The Balaban J connectivity index is 1.28. The molecule has 0 amide bonds. The molecule has 0 aliphatic carbocycles. The Hall–Kier alpha value is -2.21. The summed E-state index contributed by atoms with van der Waals surface area (Å²) in [6, 6.07) is 0.948. The molecule has 0 spiro atoms. The van der Waals surface area contributed by atoms with Gasteiger partial charge in [-0.15, -0.1) is 0 Å². The summed E-state index contributed by atoms with van der Waals surface area (Å²) in [6.45, 7) is 8.49. The first-order valence-electron chi connectivity index (χ1n) is 13.9. The van der Waals surface area contributed by atoms with Crippen LogP contribution in [0.4, 0.5) is 4.79 Å². The van der Waals surface area contributed by atoms with Crippen molar-refractivity contribution in [2.75, 3.05) is 39.3 Å². The summed E-state index contributed by atoms with van der Waals surface area (Å²) < 4.78 is 18.5. The maximum absolute atomic E-state index is 12.6. The van der Waals surface area contributed by atoms with Crippen LogP contribution in [0.5, 0.6) is 0 Å². The van der Waals surface area contributed by atoms with Gasteiger partial charge in [0.1, 0.15) is 18.9 Å². The van der Waals surface area contributed by atoms with Crippen molar-refractivity contribution in [2.24, 2.45) is 0 Å². The number of hydrogen-bond donors (Lipinski definition) is 3. The van der Waals surface area contributed by atoms with E-state index < -0.39 is 29.7 Å². The van der Waals surface area contributed by atoms with Gasteiger partial charge in [-0.25, -0.2) is 9.59 Å². The number of aromatic amines is 1. The van der Waals surface area contributed by atoms with Crippen LogP contribution in [0.15, 0.2) is 15.8 Å². The summed E-state index contributed by atoms with van der Waals surface area (Å²) in [5.41, 5.74) is -0.551. The van der Waals surface area contributed by atoms with E-state index in [0.717, 1.165) is 26.2 Å². The molecule has 3 N–H and O–H groups in total. The number of nitrogens with one attached hydrogen (secondary N) is 3. The summed E-state index contributed by atoms with van der Waals surface area (Å²) in [6.07, 6.45) is 7.51. The monoisotopic (exact) mass is 521 g/mol. The molecule has 1 aromatic heterocycles. The molecular weight excluding hydrogens is 478 g/mol. The summed E-state index contributed by atoms with van der Waals surface area (Å²) in [5, 5.41) is 7.24. The molecule has 3 saturated heterocycles. The van der Waals surface area contributed by atoms with Crippen LogP contribution in [0.1, 0.15) is 70.1 Å². The Labute approximate surface area is 218 Å². The Morgan fingerprint density at radius 1 is 1.11 bits per heavy atom. The molecule has 3 aliphatic heterocycles. The Kier molecular flexibility index (Phi) is 10.2. The van der Waals surface area contributed by atoms with E-state index >= 15 is 0 Å². The van der Waals surface area contributed by atoms with Crippen molar-refractivity contribution in [1.82, 2.24) is 25.1 Å². The second-order valence-electron chi connectivity index (χ2n) is 10.6. The van der Waals surface area contributed by atoms with E-state index in [9.17, 15) is 14.4 Å². The van der Waals surface area contributed by atoms with Crippen LogP contribution in [0.2, 0.25) is 0 Å². The summed E-state index contributed by atoms with van der Waals surface area (Å²) in [7, 11) is 0. The Morgan fingerprint density at radius 2 is 1.78 bits per heavy atom. The maximum Gasteiger partial charge on any atom is 0.508 e. The number of piperidine rings is 2. The summed E-state index contributed by atoms with van der Waals surface area (Å²) >= 11 is 0. The van der Waals surface area contributed by atoms with Crippen LogP contribution in [0.3, 0.4) is 0 Å². The van der Waals surface area contributed by atoms with E-state index in [1.807, 2.05) is 6.92 Å². The van der Waals surface area contributed by atoms with Gasteiger partial charge in [0, 0.05) is 49.9 Å². The van der Waals surface area contributed by atoms with E-state index in [1.54, 1.807) is 6.92 Å². The largest absolute Gasteiger partial charge is 0.508 e. The van der Waals surface area contributed by atoms with E-state index in [1.165, 1.54) is 49.3 Å². The van der Waals surface area contributed by atoms with Crippen molar-refractivity contribution in [2.45, 2.75) is 95.7 Å². The van der Waals surface area contributed by atoms with Gasteiger partial charge < -0.3 is 24.8 Å². The lowest BCUT2D eigenvalue weighted by Crippen LogP contribution is -2.50. The van der Waals surface area contributed by atoms with Crippen LogP contribution in [-0.4, -0.2) is 84.2 Å². The maximum atomic E-state index is 12.6. The third-order valence-corrected chi connectivity index (χ3v) is 7.70. The highest BCUT2D eigenvalue weighted by Gasteiger charge is 2.38. The molecule has 208 valence electrons. The topological polar surface area (TPSA) is 127 Å². The summed E-state index contributed by atoms with van der Waals surface area (Å²) in [4.78, 5) is 41.2. The zero-order valence-corrected chi connectivity index (χ0v) is 22.2. The van der Waals surface area contributed by atoms with E-state index in [4.69, 9.17) is 14.2 Å². The average Bonchev–Trinajstić information content (AvgIpc) is 3.29. The minimum absolute atomic E-state index is 0.255. The molecule has 0 aromatic carbocycles. The number of hydrogen-bond acceptors (Lipinski definition) is 9. The highest BCUT2D eigenvalue weighted by atomic mass is 16.7. The predicted octanol–water partition coefficient (Wildman–Crippen LogP) is 1.65. The van der Waals surface area contributed by atoms with E-state index in [0.29, 0.717) is 37.0 Å². The van der Waals surface area contributed by atoms with Gasteiger partial charge in [-0.1, -0.05) is 19.8 Å². The minimum Gasteiger partial charge on any atom is -0.433 e. The molecule has 0 radical (unpaired) electrons. The second kappa shape index (κ2) is 13.5. The van der Waals surface area contributed by atoms with Crippen LogP contribution < -0.4 is 21.9 Å². The molecule has 4 rings (SSSR count). The van der Waals surface area contributed by atoms with Crippen LogP contribution in [0.25, 0.3) is 0 Å². The van der Waals surface area contributed by atoms with Gasteiger partial charge in [-0.05, 0) is 52.1 Å². The number of ether oxygens (including phenoxy) is 3. The zero-order chi connectivity index (χ0) is 26.2. The van der Waals surface area contributed by atoms with Crippen molar-refractivity contribution in [3.8, 4) is 0 Å². The number of rotatable bonds is 10. The third-order valence-electron chi connectivity index (χ3n) is 7.70. The first kappa shape index (κ1) is 27.8. The SMILES string of the molecule is CC[C@H]1O[C@@H](n2cc(C)c(=O)[nH]c2=O)CC1OC(=O)OCCN(CC1CCCCN1)CC1CCCCN1. The molecule has 0 saturated carbocycles. The third kappa shape index (κ3) is 7.89. The molecule has 4 heterocycles. The Morgan fingerprint density at radius 3 is 2.38 bits per heavy atom. The molecule has 11 heteroatoms. The predicted molar refractivity (Wildman–Crippen MR) is 139 cm³/mol. The number of aryl methyl sites for hydroxylation is 1. The molecule has 5 atom stereocenters. The van der Waals surface area contributed by atoms with E-state index in [-0.39, 0.29) is 12.7 Å². The van der Waals surface area contributed by atoms with Gasteiger partial charge in [0.25, 0.3) is 5.56 Å². The summed E-state index contributed by atoms with van der Waals surface area (Å²) in [5.74, 6) is 0. The van der Waals surface area contributed by atoms with Gasteiger partial charge in [0.15, 0.2) is 0 Å². The number of carbonyl (C=O) groups excluding carboxylic acids is 1. The van der Waals surface area contributed by atoms with Gasteiger partial charge in [0.2, 0.25) is 0 Å². The number of aromatic nitrogens is 2. The molecule has 3 aliphatic rings. The highest BCUT2D eigenvalue weighted by molar-refractivity contribution is 5.60. The van der Waals surface area contributed by atoms with Crippen molar-refractivity contribution in [1.29, 1.82) is 0 Å². The quantitative estimate of drug-likeness (QED) is 0.394. The minimum atomic E-state index is -0.718. The molecular formula is C26H43N5O6. The average molecular weight is 522 g/mol. The standard InChI is InChI=1S/C26H43N5O6/c1-3-21-22(14-23(36-21)31-15-18(2)24(32)29-25(31)33)37-26(34)35-13-12-30(16-19-8-4-6-10-27-19)17-20-9-5-7-11-28-20/h15,19-23,27-28H,3-14,16-17H2,1-2H3,(H,29,32,33)/t19?,20?,21-,22?,23-/m1/s1. The van der Waals surface area contributed by atoms with Crippen LogP contribution >= 0.6 is 0 Å². The van der Waals surface area contributed by atoms with Gasteiger partial charge >= 0.3 is 11.8 Å². The highest BCUT2D eigenvalue weighted by Crippen LogP contribution is 2.31. The van der Waals surface area contributed by atoms with Gasteiger partial charge in [0.05, 0.1) is 6.10 Å². The first-order valence-corrected chi connectivity index (χ1v) is 13.9. The van der Waals surface area contributed by atoms with E-state index in [2.05, 4.69) is 20.5 Å². The fraction of sp³-hybridized carbons (Fsp3) is 0.808. The molecule has 37 heavy (non-hydrogen) atoms. The van der Waals surface area contributed by atoms with Crippen molar-refractivity contribution in [3.05, 3.63) is 32.6 Å². The first-order chi connectivity index (χ1) is 17.9. The lowest BCUT2D eigenvalue weighted by atomic mass is 10.0. The van der Waals surface area contributed by atoms with Crippen LogP contribution in [-0.2, 0) is 14.2 Å². The number of nitrogens with zero attached hydrogens (tertiary/aromatic N) is 2. The number of H-pyrrole nitrogens is 1. The van der Waals surface area contributed by atoms with Crippen molar-refractivity contribution < 1.29 is 19.0 Å². The van der Waals surface area contributed by atoms with Crippen LogP contribution in [0, 0.1) is 6.92 Å². The Bertz CT molecular complexity index is 964. The lowest BCUT2D eigenvalue weighted by molar-refractivity contribution is -0.0383. The fourth-order valence-electron chi connectivity index (χ4n) is 5.61.